The van der Waals surface area contributed by atoms with E-state index in [1.807, 2.05) is 20.8 Å². The van der Waals surface area contributed by atoms with Gasteiger partial charge < -0.3 is 24.8 Å². The number of amides is 2. The van der Waals surface area contributed by atoms with Gasteiger partial charge in [0, 0.05) is 19.4 Å². The molecule has 0 aromatic heterocycles. The van der Waals surface area contributed by atoms with Crippen LogP contribution in [0.4, 0.5) is 10.5 Å². The van der Waals surface area contributed by atoms with Gasteiger partial charge in [-0.05, 0) is 45.4 Å². The van der Waals surface area contributed by atoms with Gasteiger partial charge >= 0.3 is 6.03 Å². The average molecular weight is 357 g/mol. The monoisotopic (exact) mass is 356 g/mol. The Morgan fingerprint density at radius 2 is 2.17 bits per heavy atom. The number of hydrogen-bond acceptors (Lipinski definition) is 4. The first-order chi connectivity index (χ1) is 11.4. The lowest BCUT2D eigenvalue weighted by Gasteiger charge is -2.43. The Kier molecular flexibility index (Phi) is 6.71. The topological polar surface area (TPSA) is 68.8 Å². The van der Waals surface area contributed by atoms with Gasteiger partial charge in [0.1, 0.15) is 11.9 Å². The summed E-state index contributed by atoms with van der Waals surface area (Å²) in [6.07, 6.45) is 0.683. The molecule has 1 aromatic rings. The molecule has 0 radical (unpaired) electrons. The first-order valence-corrected chi connectivity index (χ1v) is 8.50. The van der Waals surface area contributed by atoms with Crippen LogP contribution in [0.25, 0.3) is 0 Å². The van der Waals surface area contributed by atoms with E-state index in [9.17, 15) is 4.79 Å². The molecule has 0 heterocycles. The van der Waals surface area contributed by atoms with E-state index < -0.39 is 0 Å². The number of hydrogen-bond donors (Lipinski definition) is 2. The van der Waals surface area contributed by atoms with E-state index in [2.05, 4.69) is 10.6 Å². The molecule has 0 saturated heterocycles. The molecule has 1 fully saturated rings. The van der Waals surface area contributed by atoms with Crippen LogP contribution in [0.15, 0.2) is 18.2 Å². The molecule has 3 atom stereocenters. The number of benzene rings is 1. The van der Waals surface area contributed by atoms with Crippen LogP contribution in [-0.4, -0.2) is 44.1 Å². The number of anilines is 1. The SMILES string of the molecule is CCO[C@@H]1C[C@H](NC(=O)Nc2ccc(OC(C)C)c(Cl)c2)[C@@H]1OC. The molecule has 2 amide bonds. The zero-order valence-electron chi connectivity index (χ0n) is 14.5. The lowest BCUT2D eigenvalue weighted by Crippen LogP contribution is -2.61. The number of urea groups is 1. The molecular formula is C17H25ClN2O4. The second-order valence-corrected chi connectivity index (χ2v) is 6.35. The molecule has 0 unspecified atom stereocenters. The summed E-state index contributed by atoms with van der Waals surface area (Å²) < 4.78 is 16.5. The Balaban J connectivity index is 1.88. The summed E-state index contributed by atoms with van der Waals surface area (Å²) in [6, 6.07) is 4.79. The highest BCUT2D eigenvalue weighted by molar-refractivity contribution is 6.32. The Hall–Kier alpha value is -1.50. The first-order valence-electron chi connectivity index (χ1n) is 8.12. The van der Waals surface area contributed by atoms with Crippen molar-refractivity contribution >= 4 is 23.3 Å². The van der Waals surface area contributed by atoms with Crippen molar-refractivity contribution in [3.05, 3.63) is 23.2 Å². The van der Waals surface area contributed by atoms with E-state index in [4.69, 9.17) is 25.8 Å². The molecule has 0 aliphatic heterocycles. The third-order valence-corrected chi connectivity index (χ3v) is 4.07. The van der Waals surface area contributed by atoms with Crippen molar-refractivity contribution in [1.29, 1.82) is 0 Å². The van der Waals surface area contributed by atoms with Gasteiger partial charge in [0.2, 0.25) is 0 Å². The van der Waals surface area contributed by atoms with Crippen molar-refractivity contribution in [3.63, 3.8) is 0 Å². The fraction of sp³-hybridized carbons (Fsp3) is 0.588. The van der Waals surface area contributed by atoms with Crippen LogP contribution >= 0.6 is 11.6 Å². The van der Waals surface area contributed by atoms with Gasteiger partial charge in [-0.15, -0.1) is 0 Å². The third kappa shape index (κ3) is 4.75. The van der Waals surface area contributed by atoms with Crippen molar-refractivity contribution in [2.45, 2.75) is 51.5 Å². The Morgan fingerprint density at radius 1 is 1.42 bits per heavy atom. The van der Waals surface area contributed by atoms with Crippen molar-refractivity contribution < 1.29 is 19.0 Å². The van der Waals surface area contributed by atoms with Gasteiger partial charge in [0.25, 0.3) is 0 Å². The summed E-state index contributed by atoms with van der Waals surface area (Å²) in [6.45, 7) is 6.43. The van der Waals surface area contributed by atoms with Crippen molar-refractivity contribution in [1.82, 2.24) is 5.32 Å². The smallest absolute Gasteiger partial charge is 0.319 e. The second-order valence-electron chi connectivity index (χ2n) is 5.95. The largest absolute Gasteiger partial charge is 0.489 e. The molecule has 134 valence electrons. The van der Waals surface area contributed by atoms with Crippen molar-refractivity contribution in [3.8, 4) is 5.75 Å². The average Bonchev–Trinajstić information content (AvgIpc) is 2.49. The number of halogens is 1. The number of nitrogens with one attached hydrogen (secondary N) is 2. The van der Waals surface area contributed by atoms with Crippen LogP contribution in [0, 0.1) is 0 Å². The Morgan fingerprint density at radius 3 is 2.75 bits per heavy atom. The van der Waals surface area contributed by atoms with E-state index in [-0.39, 0.29) is 30.4 Å². The number of carbonyl (C=O) groups is 1. The molecular weight excluding hydrogens is 332 g/mol. The summed E-state index contributed by atoms with van der Waals surface area (Å²) in [5, 5.41) is 6.11. The van der Waals surface area contributed by atoms with Gasteiger partial charge in [0.05, 0.1) is 23.3 Å². The standard InChI is InChI=1S/C17H25ClN2O4/c1-5-23-15-9-13(16(15)22-4)20-17(21)19-11-6-7-14(12(18)8-11)24-10(2)3/h6-8,10,13,15-16H,5,9H2,1-4H3,(H2,19,20,21)/t13-,15+,16-/m0/s1. The van der Waals surface area contributed by atoms with Crippen molar-refractivity contribution in [2.24, 2.45) is 0 Å². The maximum absolute atomic E-state index is 12.1. The normalized spacial score (nSPS) is 22.8. The quantitative estimate of drug-likeness (QED) is 0.785. The first kappa shape index (κ1) is 18.8. The zero-order chi connectivity index (χ0) is 17.7. The predicted octanol–water partition coefficient (Wildman–Crippen LogP) is 3.44. The van der Waals surface area contributed by atoms with Gasteiger partial charge in [0.15, 0.2) is 0 Å². The maximum atomic E-state index is 12.1. The van der Waals surface area contributed by atoms with Gasteiger partial charge in [-0.1, -0.05) is 11.6 Å². The van der Waals surface area contributed by atoms with E-state index in [1.54, 1.807) is 25.3 Å². The molecule has 2 rings (SSSR count). The summed E-state index contributed by atoms with van der Waals surface area (Å²) in [5.41, 5.74) is 0.600. The Labute approximate surface area is 147 Å². The van der Waals surface area contributed by atoms with Crippen LogP contribution in [0.1, 0.15) is 27.2 Å². The molecule has 1 aliphatic rings. The number of carbonyl (C=O) groups excluding carboxylic acids is 1. The fourth-order valence-corrected chi connectivity index (χ4v) is 2.90. The maximum Gasteiger partial charge on any atom is 0.319 e. The minimum absolute atomic E-state index is 0.0345. The van der Waals surface area contributed by atoms with E-state index in [0.29, 0.717) is 23.1 Å². The van der Waals surface area contributed by atoms with Crippen LogP contribution in [0.3, 0.4) is 0 Å². The van der Waals surface area contributed by atoms with E-state index in [0.717, 1.165) is 6.42 Å². The summed E-state index contributed by atoms with van der Waals surface area (Å²) in [5.74, 6) is 0.593. The van der Waals surface area contributed by atoms with Crippen LogP contribution in [0.5, 0.6) is 5.75 Å². The summed E-state index contributed by atoms with van der Waals surface area (Å²) >= 11 is 6.17. The van der Waals surface area contributed by atoms with Crippen LogP contribution < -0.4 is 15.4 Å². The molecule has 24 heavy (non-hydrogen) atoms. The zero-order valence-corrected chi connectivity index (χ0v) is 15.2. The number of rotatable bonds is 7. The summed E-state index contributed by atoms with van der Waals surface area (Å²) in [7, 11) is 1.62. The van der Waals surface area contributed by atoms with Crippen LogP contribution in [0.2, 0.25) is 5.02 Å². The Bertz CT molecular complexity index is 568. The van der Waals surface area contributed by atoms with Crippen molar-refractivity contribution in [2.75, 3.05) is 19.0 Å². The van der Waals surface area contributed by atoms with Gasteiger partial charge in [-0.2, -0.15) is 0 Å². The highest BCUT2D eigenvalue weighted by Gasteiger charge is 2.42. The molecule has 1 aromatic carbocycles. The molecule has 0 spiro atoms. The third-order valence-electron chi connectivity index (χ3n) is 3.77. The predicted molar refractivity (Wildman–Crippen MR) is 94.0 cm³/mol. The molecule has 7 heteroatoms. The lowest BCUT2D eigenvalue weighted by molar-refractivity contribution is -0.128. The van der Waals surface area contributed by atoms with Crippen LogP contribution in [-0.2, 0) is 9.47 Å². The minimum Gasteiger partial charge on any atom is -0.489 e. The number of ether oxygens (including phenoxy) is 3. The van der Waals surface area contributed by atoms with Gasteiger partial charge in [-0.3, -0.25) is 0 Å². The fourth-order valence-electron chi connectivity index (χ4n) is 2.68. The highest BCUT2D eigenvalue weighted by Crippen LogP contribution is 2.29. The molecule has 1 saturated carbocycles. The number of methoxy groups -OCH3 is 1. The second kappa shape index (κ2) is 8.55. The minimum atomic E-state index is -0.300. The molecule has 6 nitrogen and oxygen atoms in total. The van der Waals surface area contributed by atoms with E-state index in [1.165, 1.54) is 0 Å². The lowest BCUT2D eigenvalue weighted by atomic mass is 9.85. The highest BCUT2D eigenvalue weighted by atomic mass is 35.5. The molecule has 2 N–H and O–H groups in total. The summed E-state index contributed by atoms with van der Waals surface area (Å²) in [4.78, 5) is 12.1. The molecule has 0 bridgehead atoms. The molecule has 1 aliphatic carbocycles. The van der Waals surface area contributed by atoms with E-state index >= 15 is 0 Å². The van der Waals surface area contributed by atoms with Gasteiger partial charge in [-0.25, -0.2) is 4.79 Å².